The van der Waals surface area contributed by atoms with Crippen molar-refractivity contribution in [3.63, 3.8) is 0 Å². The Bertz CT molecular complexity index is 190. The normalized spacial score (nSPS) is 20.1. The lowest BCUT2D eigenvalue weighted by molar-refractivity contribution is -0.135. The number of likely N-dealkylation sites (tertiary alicyclic amines) is 1. The SMILES string of the molecule is CCCCOCC(=O)N1CC[C@@H](N)C1.Cl. The first-order valence-electron chi connectivity index (χ1n) is 5.35. The topological polar surface area (TPSA) is 55.6 Å². The molecule has 0 aliphatic carbocycles. The van der Waals surface area contributed by atoms with E-state index in [4.69, 9.17) is 10.5 Å². The second-order valence-electron chi connectivity index (χ2n) is 3.79. The number of nitrogens with zero attached hydrogens (tertiary/aromatic N) is 1. The Morgan fingerprint density at radius 3 is 2.87 bits per heavy atom. The molecule has 1 heterocycles. The van der Waals surface area contributed by atoms with Crippen LogP contribution in [0.25, 0.3) is 0 Å². The summed E-state index contributed by atoms with van der Waals surface area (Å²) >= 11 is 0. The van der Waals surface area contributed by atoms with Crippen LogP contribution in [0.5, 0.6) is 0 Å². The van der Waals surface area contributed by atoms with Crippen LogP contribution in [0.2, 0.25) is 0 Å². The Balaban J connectivity index is 0.00000196. The van der Waals surface area contributed by atoms with Crippen LogP contribution in [0.3, 0.4) is 0 Å². The van der Waals surface area contributed by atoms with Gasteiger partial charge in [0.2, 0.25) is 5.91 Å². The zero-order chi connectivity index (χ0) is 10.4. The van der Waals surface area contributed by atoms with E-state index in [1.54, 1.807) is 4.90 Å². The van der Waals surface area contributed by atoms with Crippen molar-refractivity contribution in [3.8, 4) is 0 Å². The summed E-state index contributed by atoms with van der Waals surface area (Å²) in [5.74, 6) is 0.0778. The number of nitrogens with two attached hydrogens (primary N) is 1. The Kier molecular flexibility index (Phi) is 7.74. The predicted octanol–water partition coefficient (Wildman–Crippen LogP) is 0.784. The molecule has 15 heavy (non-hydrogen) atoms. The van der Waals surface area contributed by atoms with E-state index < -0.39 is 0 Å². The number of carbonyl (C=O) groups is 1. The van der Waals surface area contributed by atoms with Crippen LogP contribution in [-0.4, -0.2) is 43.2 Å². The van der Waals surface area contributed by atoms with Crippen LogP contribution in [0.15, 0.2) is 0 Å². The molecule has 1 atom stereocenters. The molecule has 0 bridgehead atoms. The van der Waals surface area contributed by atoms with Crippen molar-refractivity contribution in [2.24, 2.45) is 5.73 Å². The number of hydrogen-bond donors (Lipinski definition) is 1. The first-order valence-corrected chi connectivity index (χ1v) is 5.35. The first kappa shape index (κ1) is 14.7. The van der Waals surface area contributed by atoms with E-state index in [-0.39, 0.29) is 31.0 Å². The summed E-state index contributed by atoms with van der Waals surface area (Å²) in [7, 11) is 0. The Morgan fingerprint density at radius 2 is 2.33 bits per heavy atom. The number of carbonyl (C=O) groups excluding carboxylic acids is 1. The number of rotatable bonds is 5. The van der Waals surface area contributed by atoms with Crippen molar-refractivity contribution in [3.05, 3.63) is 0 Å². The summed E-state index contributed by atoms with van der Waals surface area (Å²) < 4.78 is 5.25. The van der Waals surface area contributed by atoms with Gasteiger partial charge in [0.1, 0.15) is 6.61 Å². The number of unbranched alkanes of at least 4 members (excludes halogenated alkanes) is 1. The van der Waals surface area contributed by atoms with E-state index in [9.17, 15) is 4.79 Å². The van der Waals surface area contributed by atoms with Crippen molar-refractivity contribution in [2.75, 3.05) is 26.3 Å². The van der Waals surface area contributed by atoms with Crippen LogP contribution < -0.4 is 5.73 Å². The van der Waals surface area contributed by atoms with Crippen molar-refractivity contribution < 1.29 is 9.53 Å². The molecule has 2 N–H and O–H groups in total. The fourth-order valence-corrected chi connectivity index (χ4v) is 1.51. The summed E-state index contributed by atoms with van der Waals surface area (Å²) in [6, 6.07) is 0.162. The number of amides is 1. The van der Waals surface area contributed by atoms with Crippen LogP contribution in [0.1, 0.15) is 26.2 Å². The average Bonchev–Trinajstić information content (AvgIpc) is 2.59. The standard InChI is InChI=1S/C10H20N2O2.ClH/c1-2-3-6-14-8-10(13)12-5-4-9(11)7-12;/h9H,2-8,11H2,1H3;1H/t9-;/m1./s1. The summed E-state index contributed by atoms with van der Waals surface area (Å²) in [5.41, 5.74) is 5.70. The van der Waals surface area contributed by atoms with Crippen LogP contribution in [-0.2, 0) is 9.53 Å². The molecular formula is C10H21ClN2O2. The van der Waals surface area contributed by atoms with E-state index >= 15 is 0 Å². The minimum atomic E-state index is 0. The Hall–Kier alpha value is -0.320. The highest BCUT2D eigenvalue weighted by Crippen LogP contribution is 2.06. The van der Waals surface area contributed by atoms with Gasteiger partial charge < -0.3 is 15.4 Å². The number of ether oxygens (including phenoxy) is 1. The molecule has 1 aliphatic rings. The van der Waals surface area contributed by atoms with Crippen LogP contribution in [0, 0.1) is 0 Å². The van der Waals surface area contributed by atoms with Gasteiger partial charge in [-0.2, -0.15) is 0 Å². The van der Waals surface area contributed by atoms with Gasteiger partial charge in [-0.1, -0.05) is 13.3 Å². The van der Waals surface area contributed by atoms with E-state index in [1.165, 1.54) is 0 Å². The highest BCUT2D eigenvalue weighted by molar-refractivity contribution is 5.85. The summed E-state index contributed by atoms with van der Waals surface area (Å²) in [6.45, 7) is 4.48. The Morgan fingerprint density at radius 1 is 1.60 bits per heavy atom. The maximum absolute atomic E-state index is 11.5. The molecule has 1 fully saturated rings. The van der Waals surface area contributed by atoms with E-state index in [0.29, 0.717) is 13.2 Å². The maximum Gasteiger partial charge on any atom is 0.248 e. The number of hydrogen-bond acceptors (Lipinski definition) is 3. The lowest BCUT2D eigenvalue weighted by atomic mass is 10.3. The molecule has 0 aromatic rings. The van der Waals surface area contributed by atoms with Gasteiger partial charge in [-0.25, -0.2) is 0 Å². The van der Waals surface area contributed by atoms with Crippen molar-refractivity contribution in [1.82, 2.24) is 4.90 Å². The van der Waals surface area contributed by atoms with Crippen molar-refractivity contribution in [1.29, 1.82) is 0 Å². The van der Waals surface area contributed by atoms with Crippen LogP contribution >= 0.6 is 12.4 Å². The van der Waals surface area contributed by atoms with Gasteiger partial charge >= 0.3 is 0 Å². The monoisotopic (exact) mass is 236 g/mol. The van der Waals surface area contributed by atoms with Gasteiger partial charge in [-0.15, -0.1) is 12.4 Å². The molecule has 1 rings (SSSR count). The van der Waals surface area contributed by atoms with Gasteiger partial charge in [0.15, 0.2) is 0 Å². The minimum absolute atomic E-state index is 0. The van der Waals surface area contributed by atoms with Crippen molar-refractivity contribution in [2.45, 2.75) is 32.2 Å². The molecule has 0 radical (unpaired) electrons. The molecule has 0 aromatic carbocycles. The molecule has 90 valence electrons. The maximum atomic E-state index is 11.5. The highest BCUT2D eigenvalue weighted by Gasteiger charge is 2.23. The third-order valence-corrected chi connectivity index (χ3v) is 2.45. The molecule has 0 spiro atoms. The van der Waals surface area contributed by atoms with E-state index in [0.717, 1.165) is 25.8 Å². The lowest BCUT2D eigenvalue weighted by Crippen LogP contribution is -2.34. The summed E-state index contributed by atoms with van der Waals surface area (Å²) in [6.07, 6.45) is 3.04. The van der Waals surface area contributed by atoms with Gasteiger partial charge in [0.05, 0.1) is 0 Å². The smallest absolute Gasteiger partial charge is 0.248 e. The first-order chi connectivity index (χ1) is 6.74. The average molecular weight is 237 g/mol. The fraction of sp³-hybridized carbons (Fsp3) is 0.900. The van der Waals surface area contributed by atoms with Crippen LogP contribution in [0.4, 0.5) is 0 Å². The molecule has 1 amide bonds. The largest absolute Gasteiger partial charge is 0.372 e. The second kappa shape index (κ2) is 7.91. The fourth-order valence-electron chi connectivity index (χ4n) is 1.51. The van der Waals surface area contributed by atoms with Gasteiger partial charge in [0, 0.05) is 25.7 Å². The zero-order valence-corrected chi connectivity index (χ0v) is 10.1. The second-order valence-corrected chi connectivity index (χ2v) is 3.79. The molecule has 1 aliphatic heterocycles. The molecule has 4 nitrogen and oxygen atoms in total. The quantitative estimate of drug-likeness (QED) is 0.718. The molecule has 5 heteroatoms. The van der Waals surface area contributed by atoms with Gasteiger partial charge in [-0.3, -0.25) is 4.79 Å². The third kappa shape index (κ3) is 5.35. The van der Waals surface area contributed by atoms with E-state index in [1.807, 2.05) is 0 Å². The molecule has 0 aromatic heterocycles. The third-order valence-electron chi connectivity index (χ3n) is 2.45. The number of halogens is 1. The summed E-state index contributed by atoms with van der Waals surface area (Å²) in [5, 5.41) is 0. The molecular weight excluding hydrogens is 216 g/mol. The van der Waals surface area contributed by atoms with E-state index in [2.05, 4.69) is 6.92 Å². The minimum Gasteiger partial charge on any atom is -0.372 e. The van der Waals surface area contributed by atoms with Gasteiger partial charge in [0.25, 0.3) is 0 Å². The van der Waals surface area contributed by atoms with Gasteiger partial charge in [-0.05, 0) is 12.8 Å². The molecule has 0 unspecified atom stereocenters. The predicted molar refractivity (Wildman–Crippen MR) is 62.1 cm³/mol. The van der Waals surface area contributed by atoms with Crippen molar-refractivity contribution >= 4 is 18.3 Å². The molecule has 1 saturated heterocycles. The molecule has 0 saturated carbocycles. The lowest BCUT2D eigenvalue weighted by Gasteiger charge is -2.15. The summed E-state index contributed by atoms with van der Waals surface area (Å²) in [4.78, 5) is 13.3. The zero-order valence-electron chi connectivity index (χ0n) is 9.28. The Labute approximate surface area is 97.5 Å². The highest BCUT2D eigenvalue weighted by atomic mass is 35.5.